The summed E-state index contributed by atoms with van der Waals surface area (Å²) in [5.41, 5.74) is 2.24. The molecule has 2 heterocycles. The Bertz CT molecular complexity index is 1060. The molecule has 2 atom stereocenters. The van der Waals surface area contributed by atoms with E-state index in [1.54, 1.807) is 0 Å². The smallest absolute Gasteiger partial charge is 0.409 e. The number of aryl methyl sites for hydroxylation is 1. The van der Waals surface area contributed by atoms with E-state index in [-0.39, 0.29) is 17.6 Å². The number of amides is 1. The van der Waals surface area contributed by atoms with E-state index in [0.717, 1.165) is 55.8 Å². The summed E-state index contributed by atoms with van der Waals surface area (Å²) in [6.07, 6.45) is 8.69. The average Bonchev–Trinajstić information content (AvgIpc) is 3.09. The van der Waals surface area contributed by atoms with Crippen LogP contribution in [0.25, 0.3) is 0 Å². The second-order valence-electron chi connectivity index (χ2n) is 10.1. The number of likely N-dealkylation sites (tertiary alicyclic amines) is 1. The average molecular weight is 508 g/mol. The topological polar surface area (TPSA) is 54.3 Å². The van der Waals surface area contributed by atoms with E-state index in [2.05, 4.69) is 49.5 Å². The highest BCUT2D eigenvalue weighted by atomic mass is 35.5. The Hall–Kier alpha value is -2.66. The highest BCUT2D eigenvalue weighted by Crippen LogP contribution is 2.39. The van der Waals surface area contributed by atoms with Gasteiger partial charge in [0, 0.05) is 24.3 Å². The van der Waals surface area contributed by atoms with Crippen molar-refractivity contribution in [1.29, 1.82) is 0 Å². The minimum absolute atomic E-state index is 0.225. The zero-order valence-corrected chi connectivity index (χ0v) is 22.3. The van der Waals surface area contributed by atoms with Gasteiger partial charge in [-0.05, 0) is 74.6 Å². The van der Waals surface area contributed by atoms with Crippen molar-refractivity contribution in [1.82, 2.24) is 4.90 Å². The third-order valence-corrected chi connectivity index (χ3v) is 7.87. The number of amidine groups is 1. The molecular weight excluding hydrogens is 470 g/mol. The van der Waals surface area contributed by atoms with Gasteiger partial charge in [-0.1, -0.05) is 67.4 Å². The molecule has 2 aliphatic rings. The molecule has 0 saturated carbocycles. The second-order valence-corrected chi connectivity index (χ2v) is 10.5. The Morgan fingerprint density at radius 3 is 2.61 bits per heavy atom. The minimum atomic E-state index is -0.288. The molecule has 0 radical (unpaired) electrons. The maximum atomic E-state index is 12.4. The van der Waals surface area contributed by atoms with Crippen molar-refractivity contribution < 1.29 is 9.53 Å². The van der Waals surface area contributed by atoms with Crippen molar-refractivity contribution in [3.05, 3.63) is 70.7 Å². The number of halogens is 1. The Labute approximate surface area is 220 Å². The lowest BCUT2D eigenvalue weighted by Crippen LogP contribution is -2.49. The fourth-order valence-corrected chi connectivity index (χ4v) is 5.65. The number of carbonyl (C=O) groups excluding carboxylic acids is 1. The number of ether oxygens (including phenoxy) is 1. The number of unbranched alkanes of at least 4 members (excludes halogenated alkanes) is 1. The molecule has 4 rings (SSSR count). The first-order chi connectivity index (χ1) is 17.5. The molecule has 0 aliphatic carbocycles. The van der Waals surface area contributed by atoms with Gasteiger partial charge >= 0.3 is 6.09 Å². The number of benzene rings is 2. The van der Waals surface area contributed by atoms with E-state index in [9.17, 15) is 4.79 Å². The molecule has 36 heavy (non-hydrogen) atoms. The molecule has 0 aromatic heterocycles. The lowest BCUT2D eigenvalue weighted by atomic mass is 9.71. The van der Waals surface area contributed by atoms with Gasteiger partial charge in [0.15, 0.2) is 0 Å². The second kappa shape index (κ2) is 12.5. The van der Waals surface area contributed by atoms with Crippen LogP contribution in [-0.2, 0) is 16.6 Å². The number of carbonyl (C=O) groups is 1. The number of aliphatic imine (C=N–C) groups is 2. The summed E-state index contributed by atoms with van der Waals surface area (Å²) in [7, 11) is 0. The monoisotopic (exact) mass is 507 g/mol. The molecule has 6 heteroatoms. The standard InChI is InChI=1S/C30H38ClN3O2/c1-3-36-29(35)34-20-17-30(18-21-34,25-12-5-4-6-13-25)28-32-19-16-23(2)27(33-28)15-8-7-10-24-11-9-14-26(31)22-24/h4-6,9,11-14,19,22-23,27H,3,7-8,10,15-18,20-21H2,1-2H3/t23?,27-/m1/s1. The summed E-state index contributed by atoms with van der Waals surface area (Å²) in [5, 5.41) is 0.802. The molecule has 2 aromatic carbocycles. The normalized spacial score (nSPS) is 21.5. The van der Waals surface area contributed by atoms with Crippen LogP contribution in [0, 0.1) is 5.92 Å². The van der Waals surface area contributed by atoms with E-state index >= 15 is 0 Å². The van der Waals surface area contributed by atoms with Crippen molar-refractivity contribution in [2.75, 3.05) is 19.7 Å². The summed E-state index contributed by atoms with van der Waals surface area (Å²) < 4.78 is 5.27. The Kier molecular flexibility index (Phi) is 9.19. The van der Waals surface area contributed by atoms with Gasteiger partial charge < -0.3 is 9.64 Å². The molecule has 192 valence electrons. The SMILES string of the molecule is CCOC(=O)N1CCC(C2=N[C@H](CCCCc3cccc(Cl)c3)C(C)CC=N2)(c2ccccc2)CC1. The lowest BCUT2D eigenvalue weighted by molar-refractivity contribution is 0.0930. The zero-order valence-electron chi connectivity index (χ0n) is 21.5. The molecule has 2 aromatic rings. The highest BCUT2D eigenvalue weighted by Gasteiger charge is 2.43. The Balaban J connectivity index is 1.51. The summed E-state index contributed by atoms with van der Waals surface area (Å²) in [5.74, 6) is 1.38. The quantitative estimate of drug-likeness (QED) is 0.357. The van der Waals surface area contributed by atoms with Crippen molar-refractivity contribution in [2.24, 2.45) is 15.9 Å². The zero-order chi connectivity index (χ0) is 25.4. The first-order valence-corrected chi connectivity index (χ1v) is 13.7. The van der Waals surface area contributed by atoms with Crippen molar-refractivity contribution in [3.8, 4) is 0 Å². The van der Waals surface area contributed by atoms with Gasteiger partial charge in [0.2, 0.25) is 0 Å². The highest BCUT2D eigenvalue weighted by molar-refractivity contribution is 6.30. The van der Waals surface area contributed by atoms with E-state index in [1.165, 1.54) is 11.1 Å². The molecule has 1 unspecified atom stereocenters. The molecule has 0 spiro atoms. The predicted molar refractivity (Wildman–Crippen MR) is 148 cm³/mol. The maximum absolute atomic E-state index is 12.4. The largest absolute Gasteiger partial charge is 0.450 e. The fraction of sp³-hybridized carbons (Fsp3) is 0.500. The van der Waals surface area contributed by atoms with E-state index in [4.69, 9.17) is 26.3 Å². The van der Waals surface area contributed by atoms with Gasteiger partial charge in [-0.3, -0.25) is 4.99 Å². The molecule has 1 saturated heterocycles. The molecule has 1 fully saturated rings. The lowest BCUT2D eigenvalue weighted by Gasteiger charge is -2.41. The number of hydrogen-bond donors (Lipinski definition) is 0. The van der Waals surface area contributed by atoms with Crippen LogP contribution in [0.3, 0.4) is 0 Å². The first kappa shape index (κ1) is 26.4. The van der Waals surface area contributed by atoms with Gasteiger partial charge in [-0.2, -0.15) is 0 Å². The summed E-state index contributed by atoms with van der Waals surface area (Å²) in [6.45, 7) is 5.82. The van der Waals surface area contributed by atoms with Gasteiger partial charge in [0.1, 0.15) is 5.84 Å². The number of nitrogens with zero attached hydrogens (tertiary/aromatic N) is 3. The van der Waals surface area contributed by atoms with Crippen LogP contribution in [0.2, 0.25) is 5.02 Å². The first-order valence-electron chi connectivity index (χ1n) is 13.3. The predicted octanol–water partition coefficient (Wildman–Crippen LogP) is 7.12. The molecule has 0 N–H and O–H groups in total. The molecule has 5 nitrogen and oxygen atoms in total. The van der Waals surface area contributed by atoms with Crippen LogP contribution < -0.4 is 0 Å². The van der Waals surface area contributed by atoms with Crippen LogP contribution in [0.1, 0.15) is 63.5 Å². The number of piperidine rings is 1. The summed E-state index contributed by atoms with van der Waals surface area (Å²) in [6, 6.07) is 19.0. The van der Waals surface area contributed by atoms with Crippen LogP contribution in [0.4, 0.5) is 4.79 Å². The van der Waals surface area contributed by atoms with Gasteiger partial charge in [0.05, 0.1) is 18.1 Å². The van der Waals surface area contributed by atoms with Gasteiger partial charge in [-0.25, -0.2) is 9.79 Å². The minimum Gasteiger partial charge on any atom is -0.450 e. The third-order valence-electron chi connectivity index (χ3n) is 7.64. The van der Waals surface area contributed by atoms with Crippen LogP contribution >= 0.6 is 11.6 Å². The van der Waals surface area contributed by atoms with Crippen molar-refractivity contribution in [3.63, 3.8) is 0 Å². The van der Waals surface area contributed by atoms with E-state index in [0.29, 0.717) is 25.6 Å². The van der Waals surface area contributed by atoms with E-state index < -0.39 is 0 Å². The summed E-state index contributed by atoms with van der Waals surface area (Å²) in [4.78, 5) is 24.5. The van der Waals surface area contributed by atoms with Crippen molar-refractivity contribution in [2.45, 2.75) is 70.3 Å². The number of rotatable bonds is 8. The fourth-order valence-electron chi connectivity index (χ4n) is 5.44. The molecule has 2 aliphatic heterocycles. The van der Waals surface area contributed by atoms with Gasteiger partial charge in [-0.15, -0.1) is 0 Å². The van der Waals surface area contributed by atoms with Crippen LogP contribution in [0.5, 0.6) is 0 Å². The Morgan fingerprint density at radius 2 is 1.89 bits per heavy atom. The summed E-state index contributed by atoms with van der Waals surface area (Å²) >= 11 is 6.15. The molecule has 0 bridgehead atoms. The third kappa shape index (κ3) is 6.36. The van der Waals surface area contributed by atoms with Gasteiger partial charge in [0.25, 0.3) is 0 Å². The van der Waals surface area contributed by atoms with Crippen molar-refractivity contribution >= 4 is 29.7 Å². The van der Waals surface area contributed by atoms with Crippen LogP contribution in [-0.4, -0.2) is 48.8 Å². The molecular formula is C30H38ClN3O2. The number of hydrogen-bond acceptors (Lipinski definition) is 4. The maximum Gasteiger partial charge on any atom is 0.409 e. The Morgan fingerprint density at radius 1 is 1.11 bits per heavy atom. The van der Waals surface area contributed by atoms with Crippen LogP contribution in [0.15, 0.2) is 64.6 Å². The molecule has 1 amide bonds. The van der Waals surface area contributed by atoms with E-state index in [1.807, 2.05) is 30.0 Å².